The maximum absolute atomic E-state index is 12.5. The lowest BCUT2D eigenvalue weighted by Gasteiger charge is -2.43. The Labute approximate surface area is 348 Å². The van der Waals surface area contributed by atoms with Crippen LogP contribution in [0, 0.1) is 0 Å². The van der Waals surface area contributed by atoms with Crippen molar-refractivity contribution in [2.45, 2.75) is 116 Å². The van der Waals surface area contributed by atoms with Gasteiger partial charge in [0.25, 0.3) is 0 Å². The Bertz CT molecular complexity index is 2580. The van der Waals surface area contributed by atoms with Crippen LogP contribution in [0.3, 0.4) is 0 Å². The van der Waals surface area contributed by atoms with Crippen LogP contribution in [0.4, 0.5) is 0 Å². The van der Waals surface area contributed by atoms with Crippen molar-refractivity contribution >= 4 is 0 Å². The summed E-state index contributed by atoms with van der Waals surface area (Å²) < 4.78 is 0. The highest BCUT2D eigenvalue weighted by molar-refractivity contribution is 5.74. The second-order valence-corrected chi connectivity index (χ2v) is 20.5. The Morgan fingerprint density at radius 2 is 0.627 bits per heavy atom. The van der Waals surface area contributed by atoms with Crippen molar-refractivity contribution in [1.29, 1.82) is 0 Å². The molecule has 4 aliphatic rings. The molecule has 302 valence electrons. The van der Waals surface area contributed by atoms with Crippen LogP contribution < -0.4 is 0 Å². The van der Waals surface area contributed by atoms with Crippen LogP contribution in [-0.2, 0) is 41.9 Å². The smallest absolute Gasteiger partial charge is 0.123 e. The summed E-state index contributed by atoms with van der Waals surface area (Å²) in [6.07, 6.45) is 1.17. The van der Waals surface area contributed by atoms with Crippen LogP contribution >= 0.6 is 0 Å². The highest BCUT2D eigenvalue weighted by Gasteiger charge is 2.45. The van der Waals surface area contributed by atoms with Gasteiger partial charge in [0.1, 0.15) is 28.7 Å². The van der Waals surface area contributed by atoms with E-state index in [1.165, 1.54) is 5.56 Å². The van der Waals surface area contributed by atoms with E-state index in [1.807, 2.05) is 18.2 Å². The number of benzene rings is 6. The minimum atomic E-state index is -0.410. The van der Waals surface area contributed by atoms with E-state index in [2.05, 4.69) is 129 Å². The second kappa shape index (κ2) is 13.2. The summed E-state index contributed by atoms with van der Waals surface area (Å²) in [5, 5.41) is 61.6. The fourth-order valence-corrected chi connectivity index (χ4v) is 9.94. The normalized spacial score (nSPS) is 17.0. The molecule has 0 heterocycles. The third-order valence-corrected chi connectivity index (χ3v) is 13.4. The Kier molecular flexibility index (Phi) is 8.66. The topological polar surface area (TPSA) is 101 Å². The van der Waals surface area contributed by atoms with Gasteiger partial charge in [0.05, 0.1) is 0 Å². The van der Waals surface area contributed by atoms with Gasteiger partial charge in [-0.15, -0.1) is 0 Å². The molecule has 6 aromatic rings. The molecule has 10 rings (SSSR count). The van der Waals surface area contributed by atoms with Gasteiger partial charge in [-0.05, 0) is 99.7 Å². The summed E-state index contributed by atoms with van der Waals surface area (Å²) in [7, 11) is 0. The zero-order valence-electron chi connectivity index (χ0n) is 35.8. The van der Waals surface area contributed by atoms with Gasteiger partial charge in [-0.3, -0.25) is 0 Å². The molecule has 4 aliphatic carbocycles. The average Bonchev–Trinajstić information content (AvgIpc) is 3.16. The predicted molar refractivity (Wildman–Crippen MR) is 236 cm³/mol. The van der Waals surface area contributed by atoms with Crippen molar-refractivity contribution in [3.05, 3.63) is 180 Å². The maximum atomic E-state index is 12.5. The van der Waals surface area contributed by atoms with Crippen LogP contribution in [0.25, 0.3) is 0 Å². The second-order valence-electron chi connectivity index (χ2n) is 20.5. The molecule has 5 N–H and O–H groups in total. The lowest BCUT2D eigenvalue weighted by molar-refractivity contribution is 0.442. The SMILES string of the molecule is CC(C)(C)c1cc2c(O)c(c1)Cc1cc(C(C)(C)C)cc(c1O)Cc1ccc3c(c1O)C1c4ccccc4C3c3ccc(c(O)c31)Cc1cc(C(C)(C)C)cc(c1O)C2. The van der Waals surface area contributed by atoms with Gasteiger partial charge in [-0.25, -0.2) is 0 Å². The third-order valence-electron chi connectivity index (χ3n) is 13.4. The molecule has 0 radical (unpaired) electrons. The van der Waals surface area contributed by atoms with Gasteiger partial charge in [0.15, 0.2) is 0 Å². The number of hydrogen-bond acceptors (Lipinski definition) is 5. The molecule has 0 saturated heterocycles. The highest BCUT2D eigenvalue weighted by Crippen LogP contribution is 2.61. The summed E-state index contributed by atoms with van der Waals surface area (Å²) in [5.74, 6) is 0.208. The Morgan fingerprint density at radius 1 is 0.339 bits per heavy atom. The molecule has 59 heavy (non-hydrogen) atoms. The lowest BCUT2D eigenvalue weighted by atomic mass is 9.60. The Balaban J connectivity index is 1.35. The first-order valence-electron chi connectivity index (χ1n) is 21.0. The minimum Gasteiger partial charge on any atom is -0.507 e. The van der Waals surface area contributed by atoms with Gasteiger partial charge in [-0.2, -0.15) is 0 Å². The standard InChI is InChI=1S/C54H56O5/c1-52(2,3)36-22-30-18-28-14-16-41-43-39-12-10-11-13-40(39)44(45(41)50(28)58)46-42(43)17-15-29(51(46)59)19-31-23-37(53(4,5)6)25-33(48(31)56)21-35-27-38(54(7,8)9)26-34(49(35)57)20-32(24-36)47(30)55/h10-17,22-27,43-44,55-59H,18-21H2,1-9H3. The molecule has 6 aromatic carbocycles. The van der Waals surface area contributed by atoms with Gasteiger partial charge in [0.2, 0.25) is 0 Å². The molecule has 5 heteroatoms. The molecule has 0 spiro atoms. The largest absolute Gasteiger partial charge is 0.507 e. The number of rotatable bonds is 0. The molecule has 0 aromatic heterocycles. The van der Waals surface area contributed by atoms with Crippen LogP contribution in [-0.4, -0.2) is 25.5 Å². The third kappa shape index (κ3) is 6.27. The number of phenols is 5. The summed E-state index contributed by atoms with van der Waals surface area (Å²) in [6, 6.07) is 28.9. The first-order valence-corrected chi connectivity index (χ1v) is 21.0. The van der Waals surface area contributed by atoms with Gasteiger partial charge >= 0.3 is 0 Å². The molecule has 0 saturated carbocycles. The molecular weight excluding hydrogens is 729 g/mol. The van der Waals surface area contributed by atoms with Gasteiger partial charge in [0, 0.05) is 48.6 Å². The molecule has 0 unspecified atom stereocenters. The van der Waals surface area contributed by atoms with Crippen LogP contribution in [0.5, 0.6) is 28.7 Å². The van der Waals surface area contributed by atoms with Crippen LogP contribution in [0.15, 0.2) is 84.9 Å². The van der Waals surface area contributed by atoms with E-state index in [9.17, 15) is 25.5 Å². The molecule has 0 atom stereocenters. The van der Waals surface area contributed by atoms with Crippen molar-refractivity contribution in [3.8, 4) is 28.7 Å². The molecule has 5 nitrogen and oxygen atoms in total. The number of phenolic OH excluding ortho intramolecular Hbond substituents is 5. The fourth-order valence-electron chi connectivity index (χ4n) is 9.94. The first kappa shape index (κ1) is 38.8. The van der Waals surface area contributed by atoms with Crippen molar-refractivity contribution in [3.63, 3.8) is 0 Å². The van der Waals surface area contributed by atoms with Crippen LogP contribution in [0.1, 0.15) is 169 Å². The molecule has 0 aliphatic heterocycles. The fraction of sp³-hybridized carbons (Fsp3) is 0.333. The van der Waals surface area contributed by atoms with Crippen LogP contribution in [0.2, 0.25) is 0 Å². The number of fused-ring (bicyclic) bond motifs is 8. The Morgan fingerprint density at radius 3 is 0.932 bits per heavy atom. The quantitative estimate of drug-likeness (QED) is 0.105. The zero-order chi connectivity index (χ0) is 42.1. The van der Waals surface area contributed by atoms with E-state index in [4.69, 9.17) is 0 Å². The van der Waals surface area contributed by atoms with Crippen molar-refractivity contribution in [1.82, 2.24) is 0 Å². The first-order chi connectivity index (χ1) is 27.7. The predicted octanol–water partition coefficient (Wildman–Crippen LogP) is 11.8. The summed E-state index contributed by atoms with van der Waals surface area (Å²) in [4.78, 5) is 0. The van der Waals surface area contributed by atoms with Gasteiger partial charge in [-0.1, -0.05) is 147 Å². The number of aromatic hydroxyl groups is 5. The van der Waals surface area contributed by atoms with E-state index >= 15 is 0 Å². The van der Waals surface area contributed by atoms with E-state index in [1.54, 1.807) is 0 Å². The molecular formula is C54H56O5. The van der Waals surface area contributed by atoms with Crippen molar-refractivity contribution < 1.29 is 25.5 Å². The van der Waals surface area contributed by atoms with E-state index in [0.29, 0.717) is 57.3 Å². The van der Waals surface area contributed by atoms with E-state index in [-0.39, 0.29) is 63.8 Å². The maximum Gasteiger partial charge on any atom is 0.123 e. The van der Waals surface area contributed by atoms with Crippen molar-refractivity contribution in [2.75, 3.05) is 0 Å². The van der Waals surface area contributed by atoms with Crippen molar-refractivity contribution in [2.24, 2.45) is 0 Å². The molecule has 12 bridgehead atoms. The summed E-state index contributed by atoms with van der Waals surface area (Å²) >= 11 is 0. The highest BCUT2D eigenvalue weighted by atomic mass is 16.3. The van der Waals surface area contributed by atoms with Gasteiger partial charge < -0.3 is 25.5 Å². The van der Waals surface area contributed by atoms with E-state index in [0.717, 1.165) is 44.5 Å². The van der Waals surface area contributed by atoms with E-state index < -0.39 is 5.92 Å². The minimum absolute atomic E-state index is 0.143. The zero-order valence-corrected chi connectivity index (χ0v) is 35.8. The average molecular weight is 785 g/mol. The summed E-state index contributed by atoms with van der Waals surface area (Å²) in [6.45, 7) is 19.4. The molecule has 0 amide bonds. The summed E-state index contributed by atoms with van der Waals surface area (Å²) in [5.41, 5.74) is 13.8. The molecule has 0 fully saturated rings. The lowest BCUT2D eigenvalue weighted by Crippen LogP contribution is -2.28. The monoisotopic (exact) mass is 784 g/mol. The number of hydrogen-bond donors (Lipinski definition) is 5. The Hall–Kier alpha value is -5.68.